The second kappa shape index (κ2) is 7.44. The number of pyridine rings is 1. The summed E-state index contributed by atoms with van der Waals surface area (Å²) in [5.74, 6) is 1.89. The zero-order chi connectivity index (χ0) is 17.9. The maximum atomic E-state index is 6.05. The van der Waals surface area contributed by atoms with E-state index in [1.807, 2.05) is 24.3 Å². The third kappa shape index (κ3) is 4.73. The maximum Gasteiger partial charge on any atom is 0.242 e. The molecular weight excluding hydrogens is 310 g/mol. The van der Waals surface area contributed by atoms with Crippen LogP contribution in [0.1, 0.15) is 45.1 Å². The fraction of sp³-hybridized carbons (Fsp3) is 0.476. The lowest BCUT2D eigenvalue weighted by atomic mass is 9.87. The van der Waals surface area contributed by atoms with E-state index in [0.717, 1.165) is 38.2 Å². The highest BCUT2D eigenvalue weighted by Crippen LogP contribution is 2.37. The molecule has 1 aliphatic rings. The van der Waals surface area contributed by atoms with Crippen molar-refractivity contribution in [2.75, 3.05) is 25.4 Å². The van der Waals surface area contributed by atoms with E-state index in [1.165, 1.54) is 5.56 Å². The number of nitrogen functional groups attached to an aromatic ring is 1. The number of likely N-dealkylation sites (tertiary alicyclic amines) is 1. The van der Waals surface area contributed by atoms with Crippen LogP contribution < -0.4 is 10.5 Å². The van der Waals surface area contributed by atoms with E-state index >= 15 is 0 Å². The Labute approximate surface area is 151 Å². The van der Waals surface area contributed by atoms with Gasteiger partial charge in [0.1, 0.15) is 5.75 Å². The monoisotopic (exact) mass is 339 g/mol. The number of para-hydroxylation sites is 1. The molecule has 2 heterocycles. The highest BCUT2D eigenvalue weighted by Gasteiger charge is 2.25. The molecule has 3 rings (SSSR count). The number of piperidine rings is 1. The Morgan fingerprint density at radius 2 is 1.84 bits per heavy atom. The van der Waals surface area contributed by atoms with Gasteiger partial charge < -0.3 is 15.4 Å². The summed E-state index contributed by atoms with van der Waals surface area (Å²) in [6, 6.07) is 11.9. The van der Waals surface area contributed by atoms with Crippen LogP contribution in [0.4, 0.5) is 5.69 Å². The molecule has 134 valence electrons. The van der Waals surface area contributed by atoms with Gasteiger partial charge in [-0.15, -0.1) is 0 Å². The molecule has 25 heavy (non-hydrogen) atoms. The topological polar surface area (TPSA) is 51.4 Å². The Kier molecular flexibility index (Phi) is 5.28. The molecule has 0 bridgehead atoms. The van der Waals surface area contributed by atoms with Gasteiger partial charge in [-0.1, -0.05) is 39.0 Å². The third-order valence-corrected chi connectivity index (χ3v) is 4.65. The quantitative estimate of drug-likeness (QED) is 0.878. The molecule has 1 saturated heterocycles. The number of rotatable bonds is 4. The minimum Gasteiger partial charge on any atom is -0.437 e. The Morgan fingerprint density at radius 3 is 2.52 bits per heavy atom. The largest absolute Gasteiger partial charge is 0.437 e. The standard InChI is InChI=1S/C21H29N3O/c1-21(2,3)15-24-13-10-16(11-14-24)17-7-4-5-9-19(17)25-20-18(22)8-6-12-23-20/h4-9,12,16H,10-11,13-15,22H2,1-3H3. The Hall–Kier alpha value is -2.07. The normalized spacial score (nSPS) is 16.8. The van der Waals surface area contributed by atoms with Crippen molar-refractivity contribution in [3.05, 3.63) is 48.2 Å². The fourth-order valence-electron chi connectivity index (χ4n) is 3.58. The number of aromatic nitrogens is 1. The maximum absolute atomic E-state index is 6.05. The molecule has 4 heteroatoms. The smallest absolute Gasteiger partial charge is 0.242 e. The molecule has 1 fully saturated rings. The summed E-state index contributed by atoms with van der Waals surface area (Å²) >= 11 is 0. The number of nitrogens with zero attached hydrogens (tertiary/aromatic N) is 2. The van der Waals surface area contributed by atoms with Crippen molar-refractivity contribution in [3.63, 3.8) is 0 Å². The molecule has 0 radical (unpaired) electrons. The van der Waals surface area contributed by atoms with Crippen LogP contribution in [0.25, 0.3) is 0 Å². The van der Waals surface area contributed by atoms with E-state index < -0.39 is 0 Å². The first-order chi connectivity index (χ1) is 11.9. The first-order valence-corrected chi connectivity index (χ1v) is 9.12. The van der Waals surface area contributed by atoms with Crippen LogP contribution in [0, 0.1) is 5.41 Å². The molecule has 0 spiro atoms. The van der Waals surface area contributed by atoms with Crippen LogP contribution >= 0.6 is 0 Å². The molecule has 0 unspecified atom stereocenters. The highest BCUT2D eigenvalue weighted by atomic mass is 16.5. The van der Waals surface area contributed by atoms with Crippen LogP contribution in [0.2, 0.25) is 0 Å². The lowest BCUT2D eigenvalue weighted by Gasteiger charge is -2.36. The van der Waals surface area contributed by atoms with Gasteiger partial charge in [-0.25, -0.2) is 4.98 Å². The fourth-order valence-corrected chi connectivity index (χ4v) is 3.58. The minimum atomic E-state index is 0.352. The van der Waals surface area contributed by atoms with Crippen molar-refractivity contribution >= 4 is 5.69 Å². The highest BCUT2D eigenvalue weighted by molar-refractivity contribution is 5.50. The first-order valence-electron chi connectivity index (χ1n) is 9.12. The zero-order valence-corrected chi connectivity index (χ0v) is 15.5. The lowest BCUT2D eigenvalue weighted by Crippen LogP contribution is -2.38. The van der Waals surface area contributed by atoms with E-state index in [2.05, 4.69) is 42.8 Å². The van der Waals surface area contributed by atoms with E-state index in [1.54, 1.807) is 6.20 Å². The van der Waals surface area contributed by atoms with Crippen molar-refractivity contribution in [2.45, 2.75) is 39.5 Å². The van der Waals surface area contributed by atoms with Gasteiger partial charge in [-0.3, -0.25) is 0 Å². The molecule has 0 saturated carbocycles. The number of hydrogen-bond acceptors (Lipinski definition) is 4. The van der Waals surface area contributed by atoms with Crippen molar-refractivity contribution in [1.29, 1.82) is 0 Å². The summed E-state index contributed by atoms with van der Waals surface area (Å²) in [7, 11) is 0. The SMILES string of the molecule is CC(C)(C)CN1CCC(c2ccccc2Oc2ncccc2N)CC1. The van der Waals surface area contributed by atoms with Gasteiger partial charge in [0.2, 0.25) is 5.88 Å². The van der Waals surface area contributed by atoms with Crippen molar-refractivity contribution in [1.82, 2.24) is 9.88 Å². The number of ether oxygens (including phenoxy) is 1. The average Bonchev–Trinajstić information content (AvgIpc) is 2.57. The molecule has 2 aromatic rings. The number of benzene rings is 1. The zero-order valence-electron chi connectivity index (χ0n) is 15.5. The molecule has 0 aliphatic carbocycles. The molecule has 0 atom stereocenters. The molecule has 1 aromatic heterocycles. The predicted molar refractivity (Wildman–Crippen MR) is 103 cm³/mol. The third-order valence-electron chi connectivity index (χ3n) is 4.65. The van der Waals surface area contributed by atoms with Crippen molar-refractivity contribution < 1.29 is 4.74 Å². The summed E-state index contributed by atoms with van der Waals surface area (Å²) < 4.78 is 6.05. The minimum absolute atomic E-state index is 0.352. The number of nitrogens with two attached hydrogens (primary N) is 1. The second-order valence-corrected chi connectivity index (χ2v) is 8.15. The summed E-state index contributed by atoms with van der Waals surface area (Å²) in [6.07, 6.45) is 4.03. The molecule has 4 nitrogen and oxygen atoms in total. The number of anilines is 1. The number of hydrogen-bond donors (Lipinski definition) is 1. The average molecular weight is 339 g/mol. The van der Waals surface area contributed by atoms with Gasteiger partial charge in [0.15, 0.2) is 0 Å². The predicted octanol–water partition coefficient (Wildman–Crippen LogP) is 4.68. The van der Waals surface area contributed by atoms with E-state index in [0.29, 0.717) is 22.9 Å². The van der Waals surface area contributed by atoms with Gasteiger partial charge in [-0.2, -0.15) is 0 Å². The van der Waals surface area contributed by atoms with Crippen LogP contribution in [-0.2, 0) is 0 Å². The Bertz CT molecular complexity index is 700. The molecule has 0 amide bonds. The lowest BCUT2D eigenvalue weighted by molar-refractivity contribution is 0.153. The molecule has 2 N–H and O–H groups in total. The van der Waals surface area contributed by atoms with Gasteiger partial charge in [-0.05, 0) is 61.0 Å². The first kappa shape index (κ1) is 17.7. The van der Waals surface area contributed by atoms with E-state index in [9.17, 15) is 0 Å². The van der Waals surface area contributed by atoms with Crippen LogP contribution in [0.15, 0.2) is 42.6 Å². The van der Waals surface area contributed by atoms with Crippen molar-refractivity contribution in [2.24, 2.45) is 5.41 Å². The summed E-state index contributed by atoms with van der Waals surface area (Å²) in [5.41, 5.74) is 8.16. The van der Waals surface area contributed by atoms with Gasteiger partial charge in [0.25, 0.3) is 0 Å². The molecule has 1 aromatic carbocycles. The molecular formula is C21H29N3O. The summed E-state index contributed by atoms with van der Waals surface area (Å²) in [6.45, 7) is 10.4. The van der Waals surface area contributed by atoms with Gasteiger partial charge >= 0.3 is 0 Å². The summed E-state index contributed by atoms with van der Waals surface area (Å²) in [5, 5.41) is 0. The van der Waals surface area contributed by atoms with Crippen LogP contribution in [0.3, 0.4) is 0 Å². The van der Waals surface area contributed by atoms with E-state index in [4.69, 9.17) is 10.5 Å². The van der Waals surface area contributed by atoms with Gasteiger partial charge in [0.05, 0.1) is 5.69 Å². The van der Waals surface area contributed by atoms with Gasteiger partial charge in [0, 0.05) is 12.7 Å². The van der Waals surface area contributed by atoms with E-state index in [-0.39, 0.29) is 0 Å². The Morgan fingerprint density at radius 1 is 1.12 bits per heavy atom. The van der Waals surface area contributed by atoms with Crippen LogP contribution in [-0.4, -0.2) is 29.5 Å². The van der Waals surface area contributed by atoms with Crippen molar-refractivity contribution in [3.8, 4) is 11.6 Å². The Balaban J connectivity index is 1.71. The second-order valence-electron chi connectivity index (χ2n) is 8.15. The molecule has 1 aliphatic heterocycles. The summed E-state index contributed by atoms with van der Waals surface area (Å²) in [4.78, 5) is 6.84. The van der Waals surface area contributed by atoms with Crippen LogP contribution in [0.5, 0.6) is 11.6 Å².